The van der Waals surface area contributed by atoms with E-state index in [0.717, 1.165) is 11.3 Å². The van der Waals surface area contributed by atoms with E-state index < -0.39 is 0 Å². The molecule has 1 amide bonds. The van der Waals surface area contributed by atoms with E-state index in [0.29, 0.717) is 13.2 Å². The van der Waals surface area contributed by atoms with Crippen molar-refractivity contribution in [3.05, 3.63) is 29.8 Å². The molecule has 1 aromatic rings. The molecule has 1 fully saturated rings. The lowest BCUT2D eigenvalue weighted by Gasteiger charge is -2.18. The minimum Gasteiger partial charge on any atom is -0.447 e. The minimum absolute atomic E-state index is 0.0884. The number of rotatable bonds is 2. The van der Waals surface area contributed by atoms with Gasteiger partial charge >= 0.3 is 6.09 Å². The summed E-state index contributed by atoms with van der Waals surface area (Å²) in [5.41, 5.74) is 7.42. The summed E-state index contributed by atoms with van der Waals surface area (Å²) >= 11 is 0. The zero-order valence-corrected chi connectivity index (χ0v) is 8.64. The number of amides is 1. The zero-order valence-electron chi connectivity index (χ0n) is 8.64. The summed E-state index contributed by atoms with van der Waals surface area (Å²) in [7, 11) is 0. The van der Waals surface area contributed by atoms with Crippen LogP contribution in [0.1, 0.15) is 12.5 Å². The SMILES string of the molecule is CC1COC(=O)N1c1cccc(CN)c1. The van der Waals surface area contributed by atoms with E-state index in [1.54, 1.807) is 4.90 Å². The van der Waals surface area contributed by atoms with Crippen molar-refractivity contribution in [1.29, 1.82) is 0 Å². The fourth-order valence-corrected chi connectivity index (χ4v) is 1.71. The molecule has 2 rings (SSSR count). The third kappa shape index (κ3) is 1.80. The lowest BCUT2D eigenvalue weighted by molar-refractivity contribution is 0.179. The number of hydrogen-bond acceptors (Lipinski definition) is 3. The second-order valence-corrected chi connectivity index (χ2v) is 3.67. The van der Waals surface area contributed by atoms with E-state index >= 15 is 0 Å². The number of ether oxygens (including phenoxy) is 1. The van der Waals surface area contributed by atoms with Crippen molar-refractivity contribution in [1.82, 2.24) is 0 Å². The van der Waals surface area contributed by atoms with E-state index in [2.05, 4.69) is 0 Å². The Bertz CT molecular complexity index is 379. The number of nitrogens with zero attached hydrogens (tertiary/aromatic N) is 1. The van der Waals surface area contributed by atoms with Crippen LogP contribution in [0.2, 0.25) is 0 Å². The van der Waals surface area contributed by atoms with Crippen LogP contribution in [0, 0.1) is 0 Å². The fourth-order valence-electron chi connectivity index (χ4n) is 1.71. The van der Waals surface area contributed by atoms with Crippen LogP contribution in [0.4, 0.5) is 10.5 Å². The van der Waals surface area contributed by atoms with Crippen molar-refractivity contribution < 1.29 is 9.53 Å². The molecule has 1 unspecified atom stereocenters. The molecular formula is C11H14N2O2. The van der Waals surface area contributed by atoms with Crippen molar-refractivity contribution in [3.63, 3.8) is 0 Å². The van der Waals surface area contributed by atoms with E-state index in [1.165, 1.54) is 0 Å². The third-order valence-corrected chi connectivity index (χ3v) is 2.51. The van der Waals surface area contributed by atoms with Crippen LogP contribution in [-0.4, -0.2) is 18.7 Å². The Hall–Kier alpha value is -1.55. The van der Waals surface area contributed by atoms with Crippen LogP contribution in [0.5, 0.6) is 0 Å². The van der Waals surface area contributed by atoms with Crippen LogP contribution in [0.25, 0.3) is 0 Å². The number of cyclic esters (lactones) is 1. The van der Waals surface area contributed by atoms with Crippen LogP contribution in [0.15, 0.2) is 24.3 Å². The molecule has 4 nitrogen and oxygen atoms in total. The summed E-state index contributed by atoms with van der Waals surface area (Å²) in [6.07, 6.45) is -0.281. The van der Waals surface area contributed by atoms with Gasteiger partial charge in [0.2, 0.25) is 0 Å². The van der Waals surface area contributed by atoms with Gasteiger partial charge in [-0.15, -0.1) is 0 Å². The predicted octanol–water partition coefficient (Wildman–Crippen LogP) is 1.49. The Kier molecular flexibility index (Phi) is 2.60. The molecule has 15 heavy (non-hydrogen) atoms. The lowest BCUT2D eigenvalue weighted by atomic mass is 10.2. The topological polar surface area (TPSA) is 55.6 Å². The van der Waals surface area contributed by atoms with E-state index in [9.17, 15) is 4.79 Å². The molecule has 1 aliphatic heterocycles. The molecule has 1 aliphatic rings. The van der Waals surface area contributed by atoms with Crippen molar-refractivity contribution in [2.45, 2.75) is 19.5 Å². The monoisotopic (exact) mass is 206 g/mol. The second-order valence-electron chi connectivity index (χ2n) is 3.67. The Morgan fingerprint density at radius 1 is 1.60 bits per heavy atom. The third-order valence-electron chi connectivity index (χ3n) is 2.51. The maximum absolute atomic E-state index is 11.5. The number of anilines is 1. The number of benzene rings is 1. The first kappa shape index (κ1) is 9.98. The zero-order chi connectivity index (χ0) is 10.8. The van der Waals surface area contributed by atoms with E-state index in [1.807, 2.05) is 31.2 Å². The van der Waals surface area contributed by atoms with E-state index in [4.69, 9.17) is 10.5 Å². The molecule has 0 spiro atoms. The molecule has 4 heteroatoms. The first-order valence-electron chi connectivity index (χ1n) is 4.97. The summed E-state index contributed by atoms with van der Waals surface area (Å²) in [4.78, 5) is 13.1. The molecule has 1 saturated heterocycles. The van der Waals surface area contributed by atoms with Crippen molar-refractivity contribution in [2.75, 3.05) is 11.5 Å². The number of carbonyl (C=O) groups excluding carboxylic acids is 1. The minimum atomic E-state index is -0.281. The largest absolute Gasteiger partial charge is 0.447 e. The smallest absolute Gasteiger partial charge is 0.414 e. The summed E-state index contributed by atoms with van der Waals surface area (Å²) in [5, 5.41) is 0. The normalized spacial score (nSPS) is 20.5. The maximum atomic E-state index is 11.5. The molecule has 0 aromatic heterocycles. The molecule has 1 aromatic carbocycles. The highest BCUT2D eigenvalue weighted by Crippen LogP contribution is 2.23. The number of nitrogens with two attached hydrogens (primary N) is 1. The first-order chi connectivity index (χ1) is 7.22. The molecule has 0 bridgehead atoms. The standard InChI is InChI=1S/C11H14N2O2/c1-8-7-15-11(14)13(8)10-4-2-3-9(5-10)6-12/h2-5,8H,6-7,12H2,1H3. The van der Waals surface area contributed by atoms with Crippen LogP contribution in [-0.2, 0) is 11.3 Å². The van der Waals surface area contributed by atoms with Gasteiger partial charge in [-0.2, -0.15) is 0 Å². The van der Waals surface area contributed by atoms with Crippen LogP contribution in [0.3, 0.4) is 0 Å². The van der Waals surface area contributed by atoms with Gasteiger partial charge in [-0.25, -0.2) is 4.79 Å². The maximum Gasteiger partial charge on any atom is 0.414 e. The highest BCUT2D eigenvalue weighted by molar-refractivity contribution is 5.90. The lowest BCUT2D eigenvalue weighted by Crippen LogP contribution is -2.30. The van der Waals surface area contributed by atoms with Gasteiger partial charge in [-0.05, 0) is 24.6 Å². The van der Waals surface area contributed by atoms with Crippen LogP contribution < -0.4 is 10.6 Å². The fraction of sp³-hybridized carbons (Fsp3) is 0.364. The molecule has 1 heterocycles. The van der Waals surface area contributed by atoms with Gasteiger partial charge < -0.3 is 10.5 Å². The molecule has 0 radical (unpaired) electrons. The van der Waals surface area contributed by atoms with Crippen LogP contribution >= 0.6 is 0 Å². The van der Waals surface area contributed by atoms with Crippen molar-refractivity contribution >= 4 is 11.8 Å². The van der Waals surface area contributed by atoms with Crippen molar-refractivity contribution in [2.24, 2.45) is 5.73 Å². The molecule has 80 valence electrons. The highest BCUT2D eigenvalue weighted by Gasteiger charge is 2.30. The number of carbonyl (C=O) groups is 1. The van der Waals surface area contributed by atoms with Gasteiger partial charge in [0.15, 0.2) is 0 Å². The Morgan fingerprint density at radius 3 is 3.00 bits per heavy atom. The Labute approximate surface area is 88.6 Å². The number of hydrogen-bond donors (Lipinski definition) is 1. The van der Waals surface area contributed by atoms with E-state index in [-0.39, 0.29) is 12.1 Å². The summed E-state index contributed by atoms with van der Waals surface area (Å²) in [6.45, 7) is 2.89. The summed E-state index contributed by atoms with van der Waals surface area (Å²) in [5.74, 6) is 0. The van der Waals surface area contributed by atoms with Gasteiger partial charge in [-0.3, -0.25) is 4.90 Å². The van der Waals surface area contributed by atoms with Crippen molar-refractivity contribution in [3.8, 4) is 0 Å². The Balaban J connectivity index is 2.31. The summed E-state index contributed by atoms with van der Waals surface area (Å²) < 4.78 is 4.96. The molecule has 1 atom stereocenters. The van der Waals surface area contributed by atoms with Gasteiger partial charge in [-0.1, -0.05) is 12.1 Å². The average molecular weight is 206 g/mol. The highest BCUT2D eigenvalue weighted by atomic mass is 16.6. The molecule has 0 aliphatic carbocycles. The average Bonchev–Trinajstić information content (AvgIpc) is 2.59. The van der Waals surface area contributed by atoms with Gasteiger partial charge in [0.1, 0.15) is 6.61 Å². The van der Waals surface area contributed by atoms with Gasteiger partial charge in [0.25, 0.3) is 0 Å². The molecular weight excluding hydrogens is 192 g/mol. The Morgan fingerprint density at radius 2 is 2.40 bits per heavy atom. The second kappa shape index (κ2) is 3.90. The quantitative estimate of drug-likeness (QED) is 0.797. The molecule has 0 saturated carbocycles. The first-order valence-corrected chi connectivity index (χ1v) is 4.97. The molecule has 2 N–H and O–H groups in total. The summed E-state index contributed by atoms with van der Waals surface area (Å²) in [6, 6.07) is 7.74. The predicted molar refractivity (Wildman–Crippen MR) is 57.6 cm³/mol. The van der Waals surface area contributed by atoms with Gasteiger partial charge in [0, 0.05) is 12.2 Å². The van der Waals surface area contributed by atoms with Gasteiger partial charge in [0.05, 0.1) is 6.04 Å².